The summed E-state index contributed by atoms with van der Waals surface area (Å²) in [4.78, 5) is 20.4. The fourth-order valence-electron chi connectivity index (χ4n) is 3.05. The maximum atomic E-state index is 14.6. The molecule has 0 atom stereocenters. The molecule has 0 aliphatic heterocycles. The number of benzene rings is 2. The van der Waals surface area contributed by atoms with E-state index in [1.807, 2.05) is 0 Å². The Morgan fingerprint density at radius 1 is 1.09 bits per heavy atom. The van der Waals surface area contributed by atoms with Crippen LogP contribution in [-0.4, -0.2) is 25.7 Å². The Kier molecular flexibility index (Phi) is 6.51. The molecule has 172 valence electrons. The molecule has 8 nitrogen and oxygen atoms in total. The van der Waals surface area contributed by atoms with Crippen molar-refractivity contribution in [1.82, 2.24) is 19.7 Å². The number of hydrogen-bond donors (Lipinski definition) is 3. The van der Waals surface area contributed by atoms with Crippen molar-refractivity contribution < 1.29 is 13.6 Å². The number of rotatable bonds is 7. The van der Waals surface area contributed by atoms with Crippen LogP contribution in [0.25, 0.3) is 11.1 Å². The van der Waals surface area contributed by atoms with Crippen LogP contribution in [0.3, 0.4) is 0 Å². The predicted octanol–water partition coefficient (Wildman–Crippen LogP) is 5.42. The number of nitrogens with one attached hydrogen (secondary N) is 3. The Morgan fingerprint density at radius 2 is 1.88 bits per heavy atom. The third-order valence-corrected chi connectivity index (χ3v) is 4.94. The van der Waals surface area contributed by atoms with Crippen LogP contribution in [0.5, 0.6) is 0 Å². The molecule has 1 amide bonds. The lowest BCUT2D eigenvalue weighted by molar-refractivity contribution is -0.111. The number of nitrogens with zero attached hydrogens (tertiary/aromatic N) is 4. The monoisotopic (exact) mass is 481 g/mol. The summed E-state index contributed by atoms with van der Waals surface area (Å²) in [5.41, 5.74) is 1.99. The number of anilines is 5. The van der Waals surface area contributed by atoms with Crippen LogP contribution in [0.4, 0.5) is 37.6 Å². The molecule has 0 saturated carbocycles. The highest BCUT2D eigenvalue weighted by molar-refractivity contribution is 6.31. The van der Waals surface area contributed by atoms with Crippen molar-refractivity contribution >= 4 is 46.3 Å². The molecule has 0 unspecified atom stereocenters. The highest BCUT2D eigenvalue weighted by atomic mass is 35.5. The summed E-state index contributed by atoms with van der Waals surface area (Å²) in [6.07, 6.45) is 5.93. The Hall–Kier alpha value is -4.31. The summed E-state index contributed by atoms with van der Waals surface area (Å²) in [6, 6.07) is 8.18. The van der Waals surface area contributed by atoms with Crippen LogP contribution in [-0.2, 0) is 11.8 Å². The minimum Gasteiger partial charge on any atom is -0.337 e. The van der Waals surface area contributed by atoms with Gasteiger partial charge in [0.1, 0.15) is 17.5 Å². The lowest BCUT2D eigenvalue weighted by Gasteiger charge is -2.15. The second-order valence-electron chi connectivity index (χ2n) is 7.13. The normalized spacial score (nSPS) is 10.6. The zero-order chi connectivity index (χ0) is 24.2. The number of carbonyl (C=O) groups is 1. The van der Waals surface area contributed by atoms with Crippen molar-refractivity contribution in [3.8, 4) is 11.1 Å². The average molecular weight is 482 g/mol. The zero-order valence-electron chi connectivity index (χ0n) is 17.8. The SMILES string of the molecule is C=CC(=O)Nc1ccc(F)c(Nc2nc(Nc3cnn(C)c3)ncc2-c2ccc(F)c(Cl)c2)c1. The summed E-state index contributed by atoms with van der Waals surface area (Å²) in [6.45, 7) is 3.40. The first-order chi connectivity index (χ1) is 16.3. The zero-order valence-corrected chi connectivity index (χ0v) is 18.6. The number of aromatic nitrogens is 4. The van der Waals surface area contributed by atoms with Gasteiger partial charge in [-0.2, -0.15) is 10.1 Å². The Morgan fingerprint density at radius 3 is 2.59 bits per heavy atom. The van der Waals surface area contributed by atoms with Gasteiger partial charge in [-0.1, -0.05) is 24.2 Å². The minimum atomic E-state index is -0.583. The van der Waals surface area contributed by atoms with E-state index in [-0.39, 0.29) is 22.5 Å². The topological polar surface area (TPSA) is 96.8 Å². The first kappa shape index (κ1) is 22.9. The lowest BCUT2D eigenvalue weighted by Crippen LogP contribution is -2.08. The quantitative estimate of drug-likeness (QED) is 0.305. The van der Waals surface area contributed by atoms with Gasteiger partial charge in [0.2, 0.25) is 11.9 Å². The van der Waals surface area contributed by atoms with Gasteiger partial charge in [0, 0.05) is 30.7 Å². The Labute approximate surface area is 198 Å². The number of aryl methyl sites for hydroxylation is 1. The first-order valence-corrected chi connectivity index (χ1v) is 10.3. The van der Waals surface area contributed by atoms with Crippen LogP contribution in [0.15, 0.2) is 67.6 Å². The molecule has 0 saturated heterocycles. The standard InChI is InChI=1S/C23H18ClF2N7O/c1-3-21(34)29-14-5-7-19(26)20(9-14)31-22-16(13-4-6-18(25)17(24)8-13)11-27-23(32-22)30-15-10-28-33(2)12-15/h3-12H,1H2,2H3,(H,29,34)(H2,27,30,31,32). The summed E-state index contributed by atoms with van der Waals surface area (Å²) in [7, 11) is 1.77. The van der Waals surface area contributed by atoms with Gasteiger partial charge in [-0.15, -0.1) is 0 Å². The van der Waals surface area contributed by atoms with Crippen LogP contribution >= 0.6 is 11.6 Å². The van der Waals surface area contributed by atoms with Gasteiger partial charge in [0.25, 0.3) is 0 Å². The molecule has 2 heterocycles. The maximum Gasteiger partial charge on any atom is 0.247 e. The fourth-order valence-corrected chi connectivity index (χ4v) is 3.23. The van der Waals surface area contributed by atoms with Crippen molar-refractivity contribution in [3.05, 3.63) is 84.3 Å². The lowest BCUT2D eigenvalue weighted by atomic mass is 10.1. The van der Waals surface area contributed by atoms with Gasteiger partial charge in [-0.05, 0) is 42.0 Å². The van der Waals surface area contributed by atoms with E-state index >= 15 is 0 Å². The molecule has 0 bridgehead atoms. The van der Waals surface area contributed by atoms with Gasteiger partial charge in [0.05, 0.1) is 22.6 Å². The van der Waals surface area contributed by atoms with Gasteiger partial charge in [-0.25, -0.2) is 13.8 Å². The number of halogens is 3. The molecule has 0 fully saturated rings. The third-order valence-electron chi connectivity index (χ3n) is 4.65. The average Bonchev–Trinajstić information content (AvgIpc) is 3.22. The molecule has 0 aliphatic carbocycles. The molecule has 2 aromatic heterocycles. The van der Waals surface area contributed by atoms with E-state index in [9.17, 15) is 13.6 Å². The molecule has 11 heteroatoms. The molecule has 4 aromatic rings. The minimum absolute atomic E-state index is 0.0438. The number of hydrogen-bond acceptors (Lipinski definition) is 6. The van der Waals surface area contributed by atoms with Crippen LogP contribution < -0.4 is 16.0 Å². The largest absolute Gasteiger partial charge is 0.337 e. The van der Waals surface area contributed by atoms with Crippen molar-refractivity contribution in [2.75, 3.05) is 16.0 Å². The van der Waals surface area contributed by atoms with Crippen LogP contribution in [0.2, 0.25) is 5.02 Å². The first-order valence-electron chi connectivity index (χ1n) is 9.90. The van der Waals surface area contributed by atoms with E-state index in [0.717, 1.165) is 6.08 Å². The second-order valence-corrected chi connectivity index (χ2v) is 7.53. The fraction of sp³-hybridized carbons (Fsp3) is 0.0435. The van der Waals surface area contributed by atoms with E-state index in [2.05, 4.69) is 37.6 Å². The van der Waals surface area contributed by atoms with Crippen LogP contribution in [0.1, 0.15) is 0 Å². The summed E-state index contributed by atoms with van der Waals surface area (Å²) < 4.78 is 30.0. The third kappa shape index (κ3) is 5.18. The van der Waals surface area contributed by atoms with Crippen molar-refractivity contribution in [1.29, 1.82) is 0 Å². The smallest absolute Gasteiger partial charge is 0.247 e. The molecular formula is C23H18ClF2N7O. The van der Waals surface area contributed by atoms with Gasteiger partial charge >= 0.3 is 0 Å². The predicted molar refractivity (Wildman–Crippen MR) is 127 cm³/mol. The number of amides is 1. The van der Waals surface area contributed by atoms with Gasteiger partial charge < -0.3 is 16.0 Å². The van der Waals surface area contributed by atoms with Crippen LogP contribution in [0, 0.1) is 11.6 Å². The van der Waals surface area contributed by atoms with E-state index < -0.39 is 17.5 Å². The summed E-state index contributed by atoms with van der Waals surface area (Å²) in [5.74, 6) is -1.17. The summed E-state index contributed by atoms with van der Waals surface area (Å²) in [5, 5.41) is 12.5. The Balaban J connectivity index is 1.75. The number of carbonyl (C=O) groups excluding carboxylic acids is 1. The molecule has 2 aromatic carbocycles. The van der Waals surface area contributed by atoms with Gasteiger partial charge in [0.15, 0.2) is 0 Å². The summed E-state index contributed by atoms with van der Waals surface area (Å²) >= 11 is 5.96. The second kappa shape index (κ2) is 9.67. The molecule has 0 aliphatic rings. The maximum absolute atomic E-state index is 14.6. The molecule has 3 N–H and O–H groups in total. The Bertz CT molecular complexity index is 1390. The molecule has 0 spiro atoms. The van der Waals surface area contributed by atoms with E-state index in [4.69, 9.17) is 11.6 Å². The molecule has 4 rings (SSSR count). The van der Waals surface area contributed by atoms with E-state index in [0.29, 0.717) is 22.5 Å². The highest BCUT2D eigenvalue weighted by Gasteiger charge is 2.15. The molecular weight excluding hydrogens is 464 g/mol. The van der Waals surface area contributed by atoms with Crippen molar-refractivity contribution in [2.45, 2.75) is 0 Å². The molecule has 34 heavy (non-hydrogen) atoms. The van der Waals surface area contributed by atoms with Gasteiger partial charge in [-0.3, -0.25) is 9.48 Å². The van der Waals surface area contributed by atoms with Crippen molar-refractivity contribution in [3.63, 3.8) is 0 Å². The van der Waals surface area contributed by atoms with E-state index in [1.54, 1.807) is 24.1 Å². The molecule has 0 radical (unpaired) electrons. The van der Waals surface area contributed by atoms with E-state index in [1.165, 1.54) is 42.6 Å². The highest BCUT2D eigenvalue weighted by Crippen LogP contribution is 2.33. The van der Waals surface area contributed by atoms with Crippen molar-refractivity contribution in [2.24, 2.45) is 7.05 Å².